The van der Waals surface area contributed by atoms with Crippen molar-refractivity contribution < 1.29 is 9.84 Å². The quantitative estimate of drug-likeness (QED) is 0.866. The molecule has 94 valence electrons. The highest BCUT2D eigenvalue weighted by molar-refractivity contribution is 5.50. The molecule has 1 N–H and O–H groups in total. The lowest BCUT2D eigenvalue weighted by molar-refractivity contribution is 0.145. The predicted molar refractivity (Wildman–Crippen MR) is 67.6 cm³/mol. The SMILES string of the molecule is CCc1ncc(N2CCC(O)CC2)cc1OC. The molecule has 1 fully saturated rings. The van der Waals surface area contributed by atoms with Crippen molar-refractivity contribution in [3.8, 4) is 5.75 Å². The second-order valence-electron chi connectivity index (χ2n) is 4.41. The second-order valence-corrected chi connectivity index (χ2v) is 4.41. The standard InChI is InChI=1S/C13H20N2O2/c1-3-12-13(17-2)8-10(9-14-12)15-6-4-11(16)5-7-15/h8-9,11,16H,3-7H2,1-2H3. The minimum absolute atomic E-state index is 0.143. The lowest BCUT2D eigenvalue weighted by atomic mass is 10.1. The summed E-state index contributed by atoms with van der Waals surface area (Å²) < 4.78 is 5.35. The van der Waals surface area contributed by atoms with Gasteiger partial charge in [-0.25, -0.2) is 0 Å². The zero-order valence-corrected chi connectivity index (χ0v) is 10.5. The van der Waals surface area contributed by atoms with Crippen molar-refractivity contribution in [3.63, 3.8) is 0 Å². The van der Waals surface area contributed by atoms with Gasteiger partial charge in [0.25, 0.3) is 0 Å². The molecule has 0 bridgehead atoms. The van der Waals surface area contributed by atoms with Crippen LogP contribution in [0.15, 0.2) is 12.3 Å². The summed E-state index contributed by atoms with van der Waals surface area (Å²) in [4.78, 5) is 6.68. The number of ether oxygens (including phenoxy) is 1. The minimum Gasteiger partial charge on any atom is -0.495 e. The van der Waals surface area contributed by atoms with Crippen molar-refractivity contribution in [1.29, 1.82) is 0 Å². The Hall–Kier alpha value is -1.29. The second kappa shape index (κ2) is 5.36. The normalized spacial score (nSPS) is 17.2. The molecule has 2 rings (SSSR count). The topological polar surface area (TPSA) is 45.6 Å². The van der Waals surface area contributed by atoms with Gasteiger partial charge in [-0.3, -0.25) is 4.98 Å². The fraction of sp³-hybridized carbons (Fsp3) is 0.615. The summed E-state index contributed by atoms with van der Waals surface area (Å²) >= 11 is 0. The highest BCUT2D eigenvalue weighted by atomic mass is 16.5. The van der Waals surface area contributed by atoms with Gasteiger partial charge in [-0.2, -0.15) is 0 Å². The summed E-state index contributed by atoms with van der Waals surface area (Å²) in [5.74, 6) is 0.858. The molecule has 0 unspecified atom stereocenters. The molecule has 2 heterocycles. The Labute approximate surface area is 102 Å². The molecule has 1 aromatic rings. The lowest BCUT2D eigenvalue weighted by Gasteiger charge is -2.31. The summed E-state index contributed by atoms with van der Waals surface area (Å²) in [5.41, 5.74) is 2.08. The highest BCUT2D eigenvalue weighted by Crippen LogP contribution is 2.26. The van der Waals surface area contributed by atoms with E-state index in [1.54, 1.807) is 7.11 Å². The number of aryl methyl sites for hydroxylation is 1. The van der Waals surface area contributed by atoms with E-state index in [0.29, 0.717) is 0 Å². The number of pyridine rings is 1. The molecular formula is C13H20N2O2. The van der Waals surface area contributed by atoms with Gasteiger partial charge in [0.2, 0.25) is 0 Å². The smallest absolute Gasteiger partial charge is 0.142 e. The third-order valence-electron chi connectivity index (χ3n) is 3.30. The van der Waals surface area contributed by atoms with E-state index in [4.69, 9.17) is 4.74 Å². The van der Waals surface area contributed by atoms with Crippen LogP contribution in [0.25, 0.3) is 0 Å². The van der Waals surface area contributed by atoms with Crippen molar-refractivity contribution in [2.45, 2.75) is 32.3 Å². The average Bonchev–Trinajstić information content (AvgIpc) is 2.39. The zero-order chi connectivity index (χ0) is 12.3. The van der Waals surface area contributed by atoms with Gasteiger partial charge in [0.05, 0.1) is 30.8 Å². The number of piperidine rings is 1. The number of nitrogens with zero attached hydrogens (tertiary/aromatic N) is 2. The van der Waals surface area contributed by atoms with Crippen LogP contribution in [0, 0.1) is 0 Å². The molecule has 0 aliphatic carbocycles. The Kier molecular flexibility index (Phi) is 3.84. The lowest BCUT2D eigenvalue weighted by Crippen LogP contribution is -2.35. The first-order chi connectivity index (χ1) is 8.24. The number of aliphatic hydroxyl groups is 1. The number of methoxy groups -OCH3 is 1. The summed E-state index contributed by atoms with van der Waals surface area (Å²) in [6, 6.07) is 2.05. The van der Waals surface area contributed by atoms with Gasteiger partial charge in [0.1, 0.15) is 5.75 Å². The van der Waals surface area contributed by atoms with Gasteiger partial charge in [-0.15, -0.1) is 0 Å². The minimum atomic E-state index is -0.143. The average molecular weight is 236 g/mol. The van der Waals surface area contributed by atoms with E-state index in [1.165, 1.54) is 0 Å². The van der Waals surface area contributed by atoms with E-state index < -0.39 is 0 Å². The van der Waals surface area contributed by atoms with E-state index in [2.05, 4.69) is 16.8 Å². The summed E-state index contributed by atoms with van der Waals surface area (Å²) in [6.07, 6.45) is 4.30. The largest absolute Gasteiger partial charge is 0.495 e. The summed E-state index contributed by atoms with van der Waals surface area (Å²) in [7, 11) is 1.68. The molecule has 0 spiro atoms. The van der Waals surface area contributed by atoms with E-state index in [9.17, 15) is 5.11 Å². The molecule has 4 heteroatoms. The highest BCUT2D eigenvalue weighted by Gasteiger charge is 2.18. The molecule has 0 aromatic carbocycles. The van der Waals surface area contributed by atoms with Gasteiger partial charge in [-0.1, -0.05) is 6.92 Å². The molecule has 0 atom stereocenters. The van der Waals surface area contributed by atoms with Crippen molar-refractivity contribution in [2.75, 3.05) is 25.1 Å². The summed E-state index contributed by atoms with van der Waals surface area (Å²) in [5, 5.41) is 9.49. The van der Waals surface area contributed by atoms with Crippen molar-refractivity contribution in [2.24, 2.45) is 0 Å². The Morgan fingerprint density at radius 2 is 2.18 bits per heavy atom. The first-order valence-electron chi connectivity index (χ1n) is 6.20. The van der Waals surface area contributed by atoms with E-state index in [0.717, 1.165) is 49.5 Å². The first-order valence-corrected chi connectivity index (χ1v) is 6.20. The maximum atomic E-state index is 9.49. The molecule has 0 amide bonds. The third-order valence-corrected chi connectivity index (χ3v) is 3.30. The van der Waals surface area contributed by atoms with Crippen LogP contribution in [0.4, 0.5) is 5.69 Å². The van der Waals surface area contributed by atoms with Crippen LogP contribution in [-0.4, -0.2) is 36.4 Å². The Balaban J connectivity index is 2.16. The van der Waals surface area contributed by atoms with Crippen LogP contribution in [0.2, 0.25) is 0 Å². The van der Waals surface area contributed by atoms with E-state index in [1.807, 2.05) is 12.3 Å². The number of anilines is 1. The van der Waals surface area contributed by atoms with Crippen LogP contribution in [0.5, 0.6) is 5.75 Å². The van der Waals surface area contributed by atoms with Crippen LogP contribution in [0.1, 0.15) is 25.5 Å². The molecule has 4 nitrogen and oxygen atoms in total. The molecule has 1 saturated heterocycles. The molecule has 1 aliphatic rings. The van der Waals surface area contributed by atoms with Crippen molar-refractivity contribution in [3.05, 3.63) is 18.0 Å². The van der Waals surface area contributed by atoms with Gasteiger partial charge >= 0.3 is 0 Å². The molecule has 1 aliphatic heterocycles. The van der Waals surface area contributed by atoms with Gasteiger partial charge < -0.3 is 14.7 Å². The molecular weight excluding hydrogens is 216 g/mol. The number of aromatic nitrogens is 1. The van der Waals surface area contributed by atoms with Crippen LogP contribution in [-0.2, 0) is 6.42 Å². The molecule has 17 heavy (non-hydrogen) atoms. The van der Waals surface area contributed by atoms with Crippen molar-refractivity contribution >= 4 is 5.69 Å². The number of hydrogen-bond acceptors (Lipinski definition) is 4. The fourth-order valence-electron chi connectivity index (χ4n) is 2.20. The predicted octanol–water partition coefficient (Wildman–Crippen LogP) is 1.61. The third kappa shape index (κ3) is 2.69. The van der Waals surface area contributed by atoms with Crippen LogP contribution < -0.4 is 9.64 Å². The summed E-state index contributed by atoms with van der Waals surface area (Å²) in [6.45, 7) is 3.84. The maximum absolute atomic E-state index is 9.49. The van der Waals surface area contributed by atoms with Crippen molar-refractivity contribution in [1.82, 2.24) is 4.98 Å². The molecule has 0 radical (unpaired) electrons. The molecule has 1 aromatic heterocycles. The van der Waals surface area contributed by atoms with Gasteiger partial charge in [0.15, 0.2) is 0 Å². The zero-order valence-electron chi connectivity index (χ0n) is 10.5. The maximum Gasteiger partial charge on any atom is 0.142 e. The monoisotopic (exact) mass is 236 g/mol. The Bertz CT molecular complexity index is 374. The van der Waals surface area contributed by atoms with Gasteiger partial charge in [-0.05, 0) is 19.3 Å². The van der Waals surface area contributed by atoms with E-state index in [-0.39, 0.29) is 6.10 Å². The fourth-order valence-corrected chi connectivity index (χ4v) is 2.20. The Morgan fingerprint density at radius 3 is 2.76 bits per heavy atom. The number of hydrogen-bond donors (Lipinski definition) is 1. The number of aliphatic hydroxyl groups excluding tert-OH is 1. The van der Waals surface area contributed by atoms with E-state index >= 15 is 0 Å². The van der Waals surface area contributed by atoms with Crippen LogP contribution in [0.3, 0.4) is 0 Å². The Morgan fingerprint density at radius 1 is 1.47 bits per heavy atom. The van der Waals surface area contributed by atoms with Gasteiger partial charge in [0, 0.05) is 19.2 Å². The molecule has 0 saturated carbocycles. The number of rotatable bonds is 3. The van der Waals surface area contributed by atoms with Crippen LogP contribution >= 0.6 is 0 Å². The first kappa shape index (κ1) is 12.2.